The maximum absolute atomic E-state index is 12.4. The number of benzene rings is 1. The number of carboxylic acids is 1. The second-order valence-corrected chi connectivity index (χ2v) is 9.06. The molecular weight excluding hydrogens is 382 g/mol. The number of aromatic carboxylic acids is 1. The molecule has 0 aliphatic heterocycles. The van der Waals surface area contributed by atoms with Gasteiger partial charge in [0.25, 0.3) is 5.56 Å². The molecule has 0 saturated heterocycles. The Kier molecular flexibility index (Phi) is 4.73. The molecule has 1 aliphatic rings. The second-order valence-electron chi connectivity index (χ2n) is 9.06. The highest BCUT2D eigenvalue weighted by atomic mass is 16.4. The van der Waals surface area contributed by atoms with Crippen molar-refractivity contribution in [2.45, 2.75) is 52.1 Å². The maximum atomic E-state index is 12.4. The zero-order chi connectivity index (χ0) is 21.8. The van der Waals surface area contributed by atoms with Crippen LogP contribution in [0.25, 0.3) is 22.2 Å². The quantitative estimate of drug-likeness (QED) is 0.531. The number of aromatic amines is 1. The third kappa shape index (κ3) is 3.39. The van der Waals surface area contributed by atoms with Crippen LogP contribution >= 0.6 is 0 Å². The van der Waals surface area contributed by atoms with Crippen molar-refractivity contribution < 1.29 is 15.0 Å². The average Bonchev–Trinajstić information content (AvgIpc) is 2.83. The summed E-state index contributed by atoms with van der Waals surface area (Å²) in [5.74, 6) is -1.84. The predicted molar refractivity (Wildman–Crippen MR) is 116 cm³/mol. The van der Waals surface area contributed by atoms with Crippen LogP contribution in [0.5, 0.6) is 5.75 Å². The summed E-state index contributed by atoms with van der Waals surface area (Å²) in [4.78, 5) is 26.5. The average molecular weight is 409 g/mol. The van der Waals surface area contributed by atoms with Gasteiger partial charge in [-0.25, -0.2) is 4.79 Å². The fourth-order valence-electron chi connectivity index (χ4n) is 4.21. The lowest BCUT2D eigenvalue weighted by molar-refractivity contribution is 0.0691. The number of hydrogen-bond acceptors (Lipinski definition) is 4. The highest BCUT2D eigenvalue weighted by molar-refractivity contribution is 5.93. The molecule has 1 aromatic carbocycles. The number of aryl methyl sites for hydroxylation is 2. The largest absolute Gasteiger partial charge is 0.506 e. The van der Waals surface area contributed by atoms with Crippen molar-refractivity contribution in [3.8, 4) is 17.0 Å². The lowest BCUT2D eigenvalue weighted by Gasteiger charge is -2.20. The number of nitrogens with zero attached hydrogens (tertiary/aromatic N) is 1. The molecule has 7 heteroatoms. The van der Waals surface area contributed by atoms with E-state index in [0.29, 0.717) is 17.7 Å². The van der Waals surface area contributed by atoms with Crippen molar-refractivity contribution in [1.82, 2.24) is 14.9 Å². The molecule has 0 amide bonds. The number of fused-ring (bicyclic) bond motifs is 4. The number of pyridine rings is 1. The molecule has 0 saturated carbocycles. The van der Waals surface area contributed by atoms with Gasteiger partial charge >= 0.3 is 5.97 Å². The van der Waals surface area contributed by atoms with Crippen LogP contribution < -0.4 is 10.9 Å². The standard InChI is InChI=1S/C23H27N3O4/c1-23(2,3)24-11-14-8-13-9-16-12(10-17(13)26(14)4)6-5-7-15-19(16)25-21(28)18(20(15)27)22(29)30/h8-10,24H,5-7,11H2,1-4H3,(H,29,30)(H2,25,27,28). The highest BCUT2D eigenvalue weighted by Crippen LogP contribution is 2.38. The second kappa shape index (κ2) is 7.02. The Morgan fingerprint density at radius 3 is 2.63 bits per heavy atom. The minimum Gasteiger partial charge on any atom is -0.506 e. The summed E-state index contributed by atoms with van der Waals surface area (Å²) in [5, 5.41) is 24.4. The lowest BCUT2D eigenvalue weighted by Crippen LogP contribution is -2.35. The van der Waals surface area contributed by atoms with Gasteiger partial charge in [-0.1, -0.05) is 0 Å². The SMILES string of the molecule is Cn1c(CNC(C)(C)C)cc2cc3c(cc21)CCCc1c-3[nH]c(=O)c(C(=O)O)c1O. The summed E-state index contributed by atoms with van der Waals surface area (Å²) in [5.41, 5.74) is 3.84. The van der Waals surface area contributed by atoms with Crippen molar-refractivity contribution in [3.63, 3.8) is 0 Å². The summed E-state index contributed by atoms with van der Waals surface area (Å²) in [6.07, 6.45) is 2.04. The Morgan fingerprint density at radius 2 is 1.97 bits per heavy atom. The van der Waals surface area contributed by atoms with Gasteiger partial charge in [0.15, 0.2) is 5.56 Å². The van der Waals surface area contributed by atoms with Gasteiger partial charge in [-0.2, -0.15) is 0 Å². The molecule has 0 spiro atoms. The smallest absolute Gasteiger partial charge is 0.345 e. The van der Waals surface area contributed by atoms with E-state index < -0.39 is 22.8 Å². The van der Waals surface area contributed by atoms with Crippen molar-refractivity contribution in [2.24, 2.45) is 7.05 Å². The minimum atomic E-state index is -1.42. The third-order valence-corrected chi connectivity index (χ3v) is 5.81. The summed E-state index contributed by atoms with van der Waals surface area (Å²) >= 11 is 0. The van der Waals surface area contributed by atoms with Crippen LogP contribution in [0.1, 0.15) is 54.4 Å². The molecule has 30 heavy (non-hydrogen) atoms. The van der Waals surface area contributed by atoms with Crippen molar-refractivity contribution in [3.05, 3.63) is 50.9 Å². The van der Waals surface area contributed by atoms with Crippen molar-refractivity contribution in [2.75, 3.05) is 0 Å². The Labute approximate surface area is 174 Å². The van der Waals surface area contributed by atoms with Gasteiger partial charge in [0, 0.05) is 46.9 Å². The van der Waals surface area contributed by atoms with Crippen molar-refractivity contribution >= 4 is 16.9 Å². The fourth-order valence-corrected chi connectivity index (χ4v) is 4.21. The number of carboxylic acid groups (broad SMARTS) is 1. The van der Waals surface area contributed by atoms with Crippen LogP contribution in [0.2, 0.25) is 0 Å². The normalized spacial score (nSPS) is 13.7. The van der Waals surface area contributed by atoms with Gasteiger partial charge in [-0.15, -0.1) is 0 Å². The first-order valence-corrected chi connectivity index (χ1v) is 10.1. The number of hydrogen-bond donors (Lipinski definition) is 4. The molecule has 0 radical (unpaired) electrons. The number of aromatic nitrogens is 2. The van der Waals surface area contributed by atoms with E-state index in [1.54, 1.807) is 0 Å². The molecule has 1 aliphatic carbocycles. The molecule has 2 heterocycles. The number of nitrogens with one attached hydrogen (secondary N) is 2. The van der Waals surface area contributed by atoms with Crippen LogP contribution in [0, 0.1) is 0 Å². The van der Waals surface area contributed by atoms with Gasteiger partial charge in [0.05, 0.1) is 5.69 Å². The Hall–Kier alpha value is -3.06. The summed E-state index contributed by atoms with van der Waals surface area (Å²) < 4.78 is 2.17. The number of rotatable bonds is 3. The van der Waals surface area contributed by atoms with Gasteiger partial charge in [-0.05, 0) is 63.8 Å². The van der Waals surface area contributed by atoms with Crippen LogP contribution in [0.3, 0.4) is 0 Å². The molecule has 4 rings (SSSR count). The van der Waals surface area contributed by atoms with E-state index in [9.17, 15) is 19.8 Å². The predicted octanol–water partition coefficient (Wildman–Crippen LogP) is 3.31. The van der Waals surface area contributed by atoms with E-state index in [2.05, 4.69) is 47.8 Å². The molecule has 158 valence electrons. The first kappa shape index (κ1) is 20.2. The molecule has 0 fully saturated rings. The third-order valence-electron chi connectivity index (χ3n) is 5.81. The van der Waals surface area contributed by atoms with Crippen LogP contribution in [0.15, 0.2) is 23.0 Å². The van der Waals surface area contributed by atoms with Crippen molar-refractivity contribution in [1.29, 1.82) is 0 Å². The van der Waals surface area contributed by atoms with Crippen LogP contribution in [0.4, 0.5) is 0 Å². The molecule has 3 aromatic rings. The molecular formula is C23H27N3O4. The number of carbonyl (C=O) groups is 1. The monoisotopic (exact) mass is 409 g/mol. The molecule has 7 nitrogen and oxygen atoms in total. The van der Waals surface area contributed by atoms with Crippen LogP contribution in [-0.2, 0) is 26.4 Å². The van der Waals surface area contributed by atoms with Gasteiger partial charge < -0.3 is 25.1 Å². The summed E-state index contributed by atoms with van der Waals surface area (Å²) in [6, 6.07) is 6.30. The van der Waals surface area contributed by atoms with Gasteiger partial charge in [0.1, 0.15) is 5.75 Å². The Bertz CT molecular complexity index is 1230. The topological polar surface area (TPSA) is 107 Å². The van der Waals surface area contributed by atoms with Crippen LogP contribution in [-0.4, -0.2) is 31.3 Å². The minimum absolute atomic E-state index is 0.00537. The molecule has 0 unspecified atom stereocenters. The van der Waals surface area contributed by atoms with E-state index in [0.717, 1.165) is 47.1 Å². The van der Waals surface area contributed by atoms with E-state index >= 15 is 0 Å². The first-order valence-electron chi connectivity index (χ1n) is 10.1. The Morgan fingerprint density at radius 1 is 1.23 bits per heavy atom. The maximum Gasteiger partial charge on any atom is 0.345 e. The number of aromatic hydroxyl groups is 1. The summed E-state index contributed by atoms with van der Waals surface area (Å²) in [7, 11) is 2.05. The number of H-pyrrole nitrogens is 1. The molecule has 2 aromatic heterocycles. The molecule has 0 bridgehead atoms. The van der Waals surface area contributed by atoms with E-state index in [4.69, 9.17) is 0 Å². The zero-order valence-corrected chi connectivity index (χ0v) is 17.7. The van der Waals surface area contributed by atoms with Gasteiger partial charge in [0.2, 0.25) is 0 Å². The zero-order valence-electron chi connectivity index (χ0n) is 17.7. The first-order chi connectivity index (χ1) is 14.1. The molecule has 0 atom stereocenters. The van der Waals surface area contributed by atoms with E-state index in [-0.39, 0.29) is 5.54 Å². The van der Waals surface area contributed by atoms with E-state index in [1.807, 2.05) is 13.1 Å². The molecule has 4 N–H and O–H groups in total. The Balaban J connectivity index is 1.89. The van der Waals surface area contributed by atoms with Gasteiger partial charge in [-0.3, -0.25) is 4.79 Å². The summed E-state index contributed by atoms with van der Waals surface area (Å²) in [6.45, 7) is 7.12. The highest BCUT2D eigenvalue weighted by Gasteiger charge is 2.26. The fraction of sp³-hybridized carbons (Fsp3) is 0.391. The van der Waals surface area contributed by atoms with E-state index in [1.165, 1.54) is 0 Å². The lowest BCUT2D eigenvalue weighted by atomic mass is 9.98.